The van der Waals surface area contributed by atoms with E-state index in [2.05, 4.69) is 5.32 Å². The Hall–Kier alpha value is -3.20. The van der Waals surface area contributed by atoms with Gasteiger partial charge in [-0.15, -0.1) is 11.3 Å². The summed E-state index contributed by atoms with van der Waals surface area (Å²) in [6.45, 7) is 5.08. The highest BCUT2D eigenvalue weighted by Gasteiger charge is 2.22. The Balaban J connectivity index is 1.89. The average molecular weight is 448 g/mol. The third-order valence-electron chi connectivity index (χ3n) is 3.96. The van der Waals surface area contributed by atoms with Crippen LogP contribution in [0.5, 0.6) is 5.75 Å². The molecule has 1 amide bonds. The summed E-state index contributed by atoms with van der Waals surface area (Å²) in [5, 5.41) is 4.79. The summed E-state index contributed by atoms with van der Waals surface area (Å²) in [6, 6.07) is 6.20. The summed E-state index contributed by atoms with van der Waals surface area (Å²) < 4.78 is 15.3. The van der Waals surface area contributed by atoms with Crippen molar-refractivity contribution in [2.45, 2.75) is 27.2 Å². The summed E-state index contributed by atoms with van der Waals surface area (Å²) in [5.74, 6) is -1.09. The van der Waals surface area contributed by atoms with E-state index in [1.165, 1.54) is 11.3 Å². The van der Waals surface area contributed by atoms with E-state index < -0.39 is 24.5 Å². The first kappa shape index (κ1) is 24.1. The van der Waals surface area contributed by atoms with Crippen LogP contribution in [-0.2, 0) is 25.5 Å². The topological polar surface area (TPSA) is 108 Å². The maximum Gasteiger partial charge on any atom is 0.344 e. The van der Waals surface area contributed by atoms with E-state index in [1.54, 1.807) is 31.2 Å². The molecule has 1 heterocycles. The van der Waals surface area contributed by atoms with Gasteiger partial charge < -0.3 is 19.5 Å². The number of hydrogen-bond donors (Lipinski definition) is 1. The first-order valence-corrected chi connectivity index (χ1v) is 10.6. The van der Waals surface area contributed by atoms with Gasteiger partial charge in [0.05, 0.1) is 12.2 Å². The second-order valence-corrected chi connectivity index (χ2v) is 7.85. The summed E-state index contributed by atoms with van der Waals surface area (Å²) >= 11 is 1.22. The molecule has 0 aliphatic heterocycles. The van der Waals surface area contributed by atoms with Crippen molar-refractivity contribution < 1.29 is 33.4 Å². The molecule has 0 atom stereocenters. The van der Waals surface area contributed by atoms with Gasteiger partial charge in [0.25, 0.3) is 5.91 Å². The lowest BCUT2D eigenvalue weighted by atomic mass is 10.0. The second kappa shape index (κ2) is 11.8. The number of anilines is 1. The summed E-state index contributed by atoms with van der Waals surface area (Å²) in [4.78, 5) is 47.0. The molecular formula is C22H25NO7S. The number of benzene rings is 1. The highest BCUT2D eigenvalue weighted by molar-refractivity contribution is 7.15. The van der Waals surface area contributed by atoms with Crippen molar-refractivity contribution in [1.82, 2.24) is 0 Å². The number of nitrogens with one attached hydrogen (secondary N) is 1. The molecule has 0 aliphatic carbocycles. The molecule has 0 spiro atoms. The SMILES string of the molecule is CCOC(=O)c1c(CC(C)C)csc1NC(=O)COC(=O)COc1ccc(C=O)cc1. The fraction of sp³-hybridized carbons (Fsp3) is 0.364. The smallest absolute Gasteiger partial charge is 0.344 e. The molecule has 1 aromatic heterocycles. The summed E-state index contributed by atoms with van der Waals surface area (Å²) in [7, 11) is 0. The van der Waals surface area contributed by atoms with Crippen molar-refractivity contribution in [3.05, 3.63) is 46.3 Å². The molecule has 8 nitrogen and oxygen atoms in total. The molecule has 0 unspecified atom stereocenters. The minimum atomic E-state index is -0.730. The number of carbonyl (C=O) groups is 4. The van der Waals surface area contributed by atoms with Crippen molar-refractivity contribution in [1.29, 1.82) is 0 Å². The minimum Gasteiger partial charge on any atom is -0.482 e. The zero-order chi connectivity index (χ0) is 22.8. The van der Waals surface area contributed by atoms with Crippen molar-refractivity contribution >= 4 is 40.5 Å². The molecule has 2 rings (SSSR count). The van der Waals surface area contributed by atoms with Crippen LogP contribution in [0.15, 0.2) is 29.6 Å². The number of amides is 1. The molecule has 1 aromatic carbocycles. The second-order valence-electron chi connectivity index (χ2n) is 6.97. The van der Waals surface area contributed by atoms with Crippen LogP contribution in [0.2, 0.25) is 0 Å². The Labute approximate surface area is 184 Å². The van der Waals surface area contributed by atoms with Gasteiger partial charge in [0.2, 0.25) is 0 Å². The predicted molar refractivity (Wildman–Crippen MR) is 116 cm³/mol. The van der Waals surface area contributed by atoms with Crippen LogP contribution in [0, 0.1) is 5.92 Å². The quantitative estimate of drug-likeness (QED) is 0.415. The predicted octanol–water partition coefficient (Wildman–Crippen LogP) is 3.50. The van der Waals surface area contributed by atoms with E-state index in [-0.39, 0.29) is 13.2 Å². The third kappa shape index (κ3) is 7.53. The molecule has 2 aromatic rings. The lowest BCUT2D eigenvalue weighted by Gasteiger charge is -2.10. The Morgan fingerprint density at radius 3 is 2.42 bits per heavy atom. The summed E-state index contributed by atoms with van der Waals surface area (Å²) in [6.07, 6.45) is 1.37. The van der Waals surface area contributed by atoms with Gasteiger partial charge >= 0.3 is 11.9 Å². The number of esters is 2. The summed E-state index contributed by atoms with van der Waals surface area (Å²) in [5.41, 5.74) is 1.63. The van der Waals surface area contributed by atoms with Crippen LogP contribution >= 0.6 is 11.3 Å². The zero-order valence-electron chi connectivity index (χ0n) is 17.6. The molecular weight excluding hydrogens is 422 g/mol. The van der Waals surface area contributed by atoms with E-state index in [4.69, 9.17) is 14.2 Å². The third-order valence-corrected chi connectivity index (χ3v) is 4.91. The lowest BCUT2D eigenvalue weighted by Crippen LogP contribution is -2.24. The standard InChI is InChI=1S/C22H25NO7S/c1-4-28-22(27)20-16(9-14(2)3)13-31-21(20)23-18(25)11-30-19(26)12-29-17-7-5-15(10-24)6-8-17/h5-8,10,13-14H,4,9,11-12H2,1-3H3,(H,23,25). The van der Waals surface area contributed by atoms with E-state index >= 15 is 0 Å². The molecule has 0 saturated heterocycles. The van der Waals surface area contributed by atoms with E-state index in [1.807, 2.05) is 19.2 Å². The highest BCUT2D eigenvalue weighted by atomic mass is 32.1. The number of carbonyl (C=O) groups excluding carboxylic acids is 4. The van der Waals surface area contributed by atoms with Crippen LogP contribution in [0.3, 0.4) is 0 Å². The fourth-order valence-corrected chi connectivity index (χ4v) is 3.62. The molecule has 166 valence electrons. The Morgan fingerprint density at radius 1 is 1.10 bits per heavy atom. The number of thiophene rings is 1. The lowest BCUT2D eigenvalue weighted by molar-refractivity contribution is -0.149. The molecule has 0 fully saturated rings. The molecule has 1 N–H and O–H groups in total. The molecule has 31 heavy (non-hydrogen) atoms. The molecule has 0 bridgehead atoms. The monoisotopic (exact) mass is 447 g/mol. The van der Waals surface area contributed by atoms with Gasteiger partial charge in [0.15, 0.2) is 13.2 Å². The maximum absolute atomic E-state index is 12.3. The van der Waals surface area contributed by atoms with E-state index in [0.717, 1.165) is 5.56 Å². The van der Waals surface area contributed by atoms with Crippen molar-refractivity contribution in [3.63, 3.8) is 0 Å². The number of hydrogen-bond acceptors (Lipinski definition) is 8. The van der Waals surface area contributed by atoms with Crippen LogP contribution < -0.4 is 10.1 Å². The van der Waals surface area contributed by atoms with Gasteiger partial charge in [-0.25, -0.2) is 9.59 Å². The Bertz CT molecular complexity index is 918. The average Bonchev–Trinajstić information content (AvgIpc) is 3.12. The van der Waals surface area contributed by atoms with Gasteiger partial charge in [-0.05, 0) is 54.5 Å². The molecule has 0 aliphatic rings. The Kier molecular flexibility index (Phi) is 9.20. The van der Waals surface area contributed by atoms with E-state index in [9.17, 15) is 19.2 Å². The van der Waals surface area contributed by atoms with E-state index in [0.29, 0.717) is 40.5 Å². The largest absolute Gasteiger partial charge is 0.482 e. The number of rotatable bonds is 11. The van der Waals surface area contributed by atoms with Gasteiger partial charge in [-0.2, -0.15) is 0 Å². The van der Waals surface area contributed by atoms with Crippen molar-refractivity contribution in [2.75, 3.05) is 25.1 Å². The first-order valence-electron chi connectivity index (χ1n) is 9.75. The normalized spacial score (nSPS) is 10.5. The van der Waals surface area contributed by atoms with Crippen LogP contribution in [0.1, 0.15) is 47.1 Å². The van der Waals surface area contributed by atoms with Gasteiger partial charge in [0, 0.05) is 5.56 Å². The van der Waals surface area contributed by atoms with Crippen LogP contribution in [-0.4, -0.2) is 44.0 Å². The highest BCUT2D eigenvalue weighted by Crippen LogP contribution is 2.31. The number of ether oxygens (including phenoxy) is 3. The van der Waals surface area contributed by atoms with Gasteiger partial charge in [-0.3, -0.25) is 9.59 Å². The van der Waals surface area contributed by atoms with Crippen LogP contribution in [0.25, 0.3) is 0 Å². The Morgan fingerprint density at radius 2 is 1.81 bits per heavy atom. The maximum atomic E-state index is 12.3. The first-order chi connectivity index (χ1) is 14.8. The van der Waals surface area contributed by atoms with Gasteiger partial charge in [0.1, 0.15) is 17.0 Å². The number of aldehydes is 1. The molecule has 9 heteroatoms. The zero-order valence-corrected chi connectivity index (χ0v) is 18.5. The van der Waals surface area contributed by atoms with Crippen LogP contribution in [0.4, 0.5) is 5.00 Å². The fourth-order valence-electron chi connectivity index (χ4n) is 2.64. The molecule has 0 radical (unpaired) electrons. The van der Waals surface area contributed by atoms with Crippen molar-refractivity contribution in [2.24, 2.45) is 5.92 Å². The van der Waals surface area contributed by atoms with Crippen molar-refractivity contribution in [3.8, 4) is 5.75 Å². The minimum absolute atomic E-state index is 0.221. The van der Waals surface area contributed by atoms with Gasteiger partial charge in [-0.1, -0.05) is 13.8 Å². The molecule has 0 saturated carbocycles.